The van der Waals surface area contributed by atoms with E-state index in [-0.39, 0.29) is 10.8 Å². The molecule has 5 aliphatic rings. The Hall–Kier alpha value is -2.35. The van der Waals surface area contributed by atoms with Gasteiger partial charge in [0.05, 0.1) is 12.9 Å². The van der Waals surface area contributed by atoms with Crippen LogP contribution < -0.4 is 5.32 Å². The zero-order valence-electron chi connectivity index (χ0n) is 12.9. The van der Waals surface area contributed by atoms with E-state index in [0.29, 0.717) is 0 Å². The first-order valence-corrected chi connectivity index (χ1v) is 7.87. The summed E-state index contributed by atoms with van der Waals surface area (Å²) in [7, 11) is 0. The lowest BCUT2D eigenvalue weighted by molar-refractivity contribution is 0.239. The van der Waals surface area contributed by atoms with Crippen molar-refractivity contribution in [3.05, 3.63) is 82.2 Å². The molecule has 0 saturated heterocycles. The first kappa shape index (κ1) is 12.2. The van der Waals surface area contributed by atoms with Crippen LogP contribution in [0.1, 0.15) is 13.8 Å². The quantitative estimate of drug-likeness (QED) is 0.720. The fourth-order valence-corrected chi connectivity index (χ4v) is 4.82. The number of nitrogens with one attached hydrogen (secondary N) is 1. The molecule has 0 unspecified atom stereocenters. The van der Waals surface area contributed by atoms with Gasteiger partial charge in [0, 0.05) is 22.1 Å². The van der Waals surface area contributed by atoms with E-state index in [2.05, 4.69) is 72.8 Å². The molecule has 0 aromatic heterocycles. The SMILES string of the molecule is C[C@@]12C3=CC=C4C=CC=C(C5=C(CN=CN5)C1=CC=C3)[C@@]42C. The van der Waals surface area contributed by atoms with Gasteiger partial charge < -0.3 is 5.32 Å². The molecule has 108 valence electrons. The minimum atomic E-state index is -0.0283. The van der Waals surface area contributed by atoms with Gasteiger partial charge in [-0.3, -0.25) is 4.99 Å². The van der Waals surface area contributed by atoms with Crippen LogP contribution >= 0.6 is 0 Å². The second kappa shape index (κ2) is 3.70. The van der Waals surface area contributed by atoms with Crippen molar-refractivity contribution in [2.45, 2.75) is 13.8 Å². The van der Waals surface area contributed by atoms with Gasteiger partial charge >= 0.3 is 0 Å². The van der Waals surface area contributed by atoms with Gasteiger partial charge in [0.15, 0.2) is 0 Å². The number of allylic oxidation sites excluding steroid dienone is 11. The van der Waals surface area contributed by atoms with Gasteiger partial charge in [-0.2, -0.15) is 0 Å². The fourth-order valence-electron chi connectivity index (χ4n) is 4.82. The van der Waals surface area contributed by atoms with Crippen LogP contribution in [-0.4, -0.2) is 12.9 Å². The van der Waals surface area contributed by atoms with Crippen LogP contribution in [0.4, 0.5) is 0 Å². The van der Waals surface area contributed by atoms with Gasteiger partial charge in [-0.05, 0) is 22.3 Å². The van der Waals surface area contributed by atoms with E-state index in [1.54, 1.807) is 0 Å². The van der Waals surface area contributed by atoms with E-state index < -0.39 is 0 Å². The molecule has 1 N–H and O–H groups in total. The smallest absolute Gasteiger partial charge is 0.0872 e. The second-order valence-corrected chi connectivity index (χ2v) is 6.84. The standard InChI is InChI=1S/C20H18N2/c1-19-13-5-3-7-16(19)15-11-21-12-22-18(15)17-8-4-6-14(10-9-13)20(17,19)2/h3-10,12H,11H2,1-2H3,(H,21,22)/t19-,20-/m1/s1. The molecular weight excluding hydrogens is 268 g/mol. The maximum Gasteiger partial charge on any atom is 0.0872 e. The molecule has 22 heavy (non-hydrogen) atoms. The molecule has 0 radical (unpaired) electrons. The summed E-state index contributed by atoms with van der Waals surface area (Å²) in [6.07, 6.45) is 19.9. The summed E-state index contributed by atoms with van der Waals surface area (Å²) >= 11 is 0. The Morgan fingerprint density at radius 2 is 1.55 bits per heavy atom. The summed E-state index contributed by atoms with van der Waals surface area (Å²) < 4.78 is 0. The minimum Gasteiger partial charge on any atom is -0.346 e. The van der Waals surface area contributed by atoms with Gasteiger partial charge in [-0.15, -0.1) is 0 Å². The monoisotopic (exact) mass is 286 g/mol. The fraction of sp³-hybridized carbons (Fsp3) is 0.250. The summed E-state index contributed by atoms with van der Waals surface area (Å²) in [5.74, 6) is 0. The molecule has 2 atom stereocenters. The number of rotatable bonds is 0. The van der Waals surface area contributed by atoms with Crippen molar-refractivity contribution in [2.75, 3.05) is 6.54 Å². The minimum absolute atomic E-state index is 0.0181. The molecule has 2 nitrogen and oxygen atoms in total. The highest BCUT2D eigenvalue weighted by Crippen LogP contribution is 2.67. The van der Waals surface area contributed by atoms with Crippen LogP contribution in [0.3, 0.4) is 0 Å². The highest BCUT2D eigenvalue weighted by molar-refractivity contribution is 5.75. The van der Waals surface area contributed by atoms with Crippen molar-refractivity contribution in [1.82, 2.24) is 5.32 Å². The highest BCUT2D eigenvalue weighted by atomic mass is 15.0. The number of hydrogen-bond donors (Lipinski definition) is 1. The number of fused-ring (bicyclic) bond motifs is 2. The van der Waals surface area contributed by atoms with Crippen molar-refractivity contribution >= 4 is 6.34 Å². The van der Waals surface area contributed by atoms with Gasteiger partial charge in [0.2, 0.25) is 0 Å². The van der Waals surface area contributed by atoms with E-state index in [9.17, 15) is 0 Å². The molecule has 4 aliphatic carbocycles. The zero-order valence-corrected chi connectivity index (χ0v) is 12.9. The third-order valence-corrected chi connectivity index (χ3v) is 6.20. The average Bonchev–Trinajstić information content (AvgIpc) is 2.54. The molecule has 0 fully saturated rings. The third-order valence-electron chi connectivity index (χ3n) is 6.20. The Labute approximate surface area is 130 Å². The van der Waals surface area contributed by atoms with Crippen molar-refractivity contribution in [3.8, 4) is 0 Å². The predicted molar refractivity (Wildman–Crippen MR) is 90.3 cm³/mol. The maximum absolute atomic E-state index is 4.47. The van der Waals surface area contributed by atoms with Crippen LogP contribution in [0.2, 0.25) is 0 Å². The van der Waals surface area contributed by atoms with Crippen LogP contribution in [0, 0.1) is 10.8 Å². The Balaban J connectivity index is 1.94. The van der Waals surface area contributed by atoms with Crippen LogP contribution in [0.15, 0.2) is 87.2 Å². The molecule has 0 spiro atoms. The average molecular weight is 286 g/mol. The molecule has 0 aromatic carbocycles. The molecule has 0 bridgehead atoms. The largest absolute Gasteiger partial charge is 0.346 e. The summed E-state index contributed by atoms with van der Waals surface area (Å²) in [6, 6.07) is 0. The molecule has 0 saturated carbocycles. The van der Waals surface area contributed by atoms with Crippen molar-refractivity contribution in [1.29, 1.82) is 0 Å². The number of hydrogen-bond acceptors (Lipinski definition) is 2. The third kappa shape index (κ3) is 1.10. The molecule has 1 heterocycles. The summed E-state index contributed by atoms with van der Waals surface area (Å²) in [4.78, 5) is 4.47. The van der Waals surface area contributed by atoms with Gasteiger partial charge in [-0.1, -0.05) is 62.5 Å². The molecule has 0 amide bonds. The van der Waals surface area contributed by atoms with Gasteiger partial charge in [0.1, 0.15) is 0 Å². The first-order valence-electron chi connectivity index (χ1n) is 7.87. The normalized spacial score (nSPS) is 36.6. The van der Waals surface area contributed by atoms with E-state index in [0.717, 1.165) is 6.54 Å². The molecule has 0 aromatic rings. The van der Waals surface area contributed by atoms with Crippen molar-refractivity contribution < 1.29 is 0 Å². The van der Waals surface area contributed by atoms with Crippen molar-refractivity contribution in [2.24, 2.45) is 15.8 Å². The Morgan fingerprint density at radius 1 is 0.909 bits per heavy atom. The van der Waals surface area contributed by atoms with Crippen LogP contribution in [0.25, 0.3) is 0 Å². The second-order valence-electron chi connectivity index (χ2n) is 6.84. The highest BCUT2D eigenvalue weighted by Gasteiger charge is 2.58. The summed E-state index contributed by atoms with van der Waals surface area (Å²) in [5.41, 5.74) is 8.17. The molecule has 2 heteroatoms. The first-order chi connectivity index (χ1) is 10.7. The van der Waals surface area contributed by atoms with Crippen LogP contribution in [-0.2, 0) is 0 Å². The molecule has 1 aliphatic heterocycles. The summed E-state index contributed by atoms with van der Waals surface area (Å²) in [6.45, 7) is 5.56. The van der Waals surface area contributed by atoms with E-state index in [1.165, 1.54) is 33.6 Å². The summed E-state index contributed by atoms with van der Waals surface area (Å²) in [5, 5.41) is 3.43. The lowest BCUT2D eigenvalue weighted by Gasteiger charge is -2.58. The number of aliphatic imine (C=N–C) groups is 1. The van der Waals surface area contributed by atoms with Gasteiger partial charge in [0.25, 0.3) is 0 Å². The molecule has 5 rings (SSSR count). The van der Waals surface area contributed by atoms with E-state index in [4.69, 9.17) is 0 Å². The Morgan fingerprint density at radius 3 is 2.27 bits per heavy atom. The zero-order chi connectivity index (χ0) is 14.9. The molecular formula is C20H18N2. The Kier molecular flexibility index (Phi) is 2.05. The lowest BCUT2D eigenvalue weighted by Crippen LogP contribution is -2.51. The topological polar surface area (TPSA) is 24.4 Å². The maximum atomic E-state index is 4.47. The number of nitrogens with zero attached hydrogens (tertiary/aromatic N) is 1. The van der Waals surface area contributed by atoms with Crippen LogP contribution in [0.5, 0.6) is 0 Å². The predicted octanol–water partition coefficient (Wildman–Crippen LogP) is 3.76. The Bertz CT molecular complexity index is 784. The lowest BCUT2D eigenvalue weighted by atomic mass is 9.45. The van der Waals surface area contributed by atoms with E-state index >= 15 is 0 Å². The van der Waals surface area contributed by atoms with Crippen molar-refractivity contribution in [3.63, 3.8) is 0 Å². The van der Waals surface area contributed by atoms with Gasteiger partial charge in [-0.25, -0.2) is 0 Å². The van der Waals surface area contributed by atoms with E-state index in [1.807, 2.05) is 6.34 Å².